The van der Waals surface area contributed by atoms with Crippen LogP contribution in [0.25, 0.3) is 11.0 Å². The van der Waals surface area contributed by atoms with E-state index in [1.165, 1.54) is 0 Å². The van der Waals surface area contributed by atoms with Crippen LogP contribution in [0, 0.1) is 12.8 Å². The van der Waals surface area contributed by atoms with Crippen molar-refractivity contribution >= 4 is 22.2 Å². The van der Waals surface area contributed by atoms with Crippen molar-refractivity contribution in [1.82, 2.24) is 15.0 Å². The fourth-order valence-electron chi connectivity index (χ4n) is 3.34. The molecule has 0 radical (unpaired) electrons. The third kappa shape index (κ3) is 4.95. The molecule has 0 spiro atoms. The fraction of sp³-hybridized carbons (Fsp3) is 0.455. The molecule has 31 heavy (non-hydrogen) atoms. The van der Waals surface area contributed by atoms with Crippen molar-refractivity contribution in [2.45, 2.75) is 37.5 Å². The Labute approximate surface area is 184 Å². The Balaban J connectivity index is 1.43. The first-order valence-corrected chi connectivity index (χ1v) is 11.4. The predicted molar refractivity (Wildman–Crippen MR) is 117 cm³/mol. The number of H-pyrrole nitrogens is 1. The van der Waals surface area contributed by atoms with Gasteiger partial charge >= 0.3 is 5.16 Å². The van der Waals surface area contributed by atoms with Gasteiger partial charge < -0.3 is 23.5 Å². The van der Waals surface area contributed by atoms with Gasteiger partial charge in [-0.05, 0) is 39.0 Å². The highest BCUT2D eigenvalue weighted by molar-refractivity contribution is 7.90. The Morgan fingerprint density at radius 3 is 2.74 bits per heavy atom. The van der Waals surface area contributed by atoms with Gasteiger partial charge in [0, 0.05) is 28.9 Å². The number of fused-ring (bicyclic) bond motifs is 1. The largest absolute Gasteiger partial charge is 0.609 e. The van der Waals surface area contributed by atoms with Gasteiger partial charge in [0.25, 0.3) is 0 Å². The van der Waals surface area contributed by atoms with Crippen molar-refractivity contribution in [1.29, 1.82) is 0 Å². The van der Waals surface area contributed by atoms with E-state index in [2.05, 4.69) is 15.0 Å². The van der Waals surface area contributed by atoms with Gasteiger partial charge in [0.15, 0.2) is 11.5 Å². The molecule has 1 N–H and O–H groups in total. The lowest BCUT2D eigenvalue weighted by molar-refractivity contribution is -0.264. The number of rotatable bonds is 7. The van der Waals surface area contributed by atoms with Crippen molar-refractivity contribution in [3.8, 4) is 11.5 Å². The summed E-state index contributed by atoms with van der Waals surface area (Å²) in [4.78, 5) is 12.0. The van der Waals surface area contributed by atoms with Crippen molar-refractivity contribution in [2.24, 2.45) is 5.92 Å². The third-order valence-electron chi connectivity index (χ3n) is 5.22. The summed E-state index contributed by atoms with van der Waals surface area (Å²) >= 11 is -1.39. The van der Waals surface area contributed by atoms with Crippen LogP contribution in [0.4, 0.5) is 0 Å². The molecular formula is C22H27N3O5S. The van der Waals surface area contributed by atoms with Gasteiger partial charge in [-0.1, -0.05) is 6.07 Å². The van der Waals surface area contributed by atoms with Gasteiger partial charge in [0.2, 0.25) is 0 Å². The molecule has 2 aromatic heterocycles. The van der Waals surface area contributed by atoms with Gasteiger partial charge in [-0.3, -0.25) is 9.97 Å². The molecule has 9 heteroatoms. The molecule has 1 saturated heterocycles. The van der Waals surface area contributed by atoms with Crippen LogP contribution in [-0.2, 0) is 26.4 Å². The second kappa shape index (κ2) is 9.04. The maximum atomic E-state index is 13.0. The molecule has 1 aromatic carbocycles. The fourth-order valence-corrected chi connectivity index (χ4v) is 4.43. The standard InChI is InChI=1S/C22H27N3O5S/c1-14-17(13-31(26)21-24-16-6-5-7-19(27-4)20(16)25-21)23-9-8-18(14)28-10-15-11-29-22(2,3)30-12-15/h5-9,15H,10-13H2,1-4H3,(H,24,25). The summed E-state index contributed by atoms with van der Waals surface area (Å²) in [6.45, 7) is 7.39. The van der Waals surface area contributed by atoms with Crippen LogP contribution in [-0.4, -0.2) is 52.2 Å². The zero-order valence-corrected chi connectivity index (χ0v) is 19.0. The number of imidazole rings is 1. The van der Waals surface area contributed by atoms with Gasteiger partial charge in [-0.25, -0.2) is 0 Å². The van der Waals surface area contributed by atoms with Crippen LogP contribution in [0.3, 0.4) is 0 Å². The molecular weight excluding hydrogens is 418 g/mol. The number of aromatic amines is 1. The molecule has 166 valence electrons. The minimum atomic E-state index is -1.39. The molecule has 4 rings (SSSR count). The Bertz CT molecular complexity index is 1040. The maximum absolute atomic E-state index is 13.0. The number of hydrogen-bond donors (Lipinski definition) is 1. The summed E-state index contributed by atoms with van der Waals surface area (Å²) in [7, 11) is 1.59. The molecule has 0 aliphatic carbocycles. The number of hydrogen-bond acceptors (Lipinski definition) is 7. The minimum absolute atomic E-state index is 0.156. The average Bonchev–Trinajstić information content (AvgIpc) is 3.20. The van der Waals surface area contributed by atoms with Crippen LogP contribution in [0.1, 0.15) is 25.1 Å². The first-order chi connectivity index (χ1) is 14.9. The first-order valence-electron chi connectivity index (χ1n) is 10.1. The number of aromatic nitrogens is 3. The molecule has 1 aliphatic heterocycles. The van der Waals surface area contributed by atoms with E-state index in [9.17, 15) is 4.55 Å². The summed E-state index contributed by atoms with van der Waals surface area (Å²) < 4.78 is 35.7. The lowest BCUT2D eigenvalue weighted by Gasteiger charge is -2.34. The van der Waals surface area contributed by atoms with Gasteiger partial charge in [-0.15, -0.1) is 0 Å². The topological polar surface area (TPSA) is 102 Å². The second-order valence-corrected chi connectivity index (χ2v) is 9.33. The third-order valence-corrected chi connectivity index (χ3v) is 6.38. The van der Waals surface area contributed by atoms with E-state index in [1.54, 1.807) is 13.3 Å². The highest BCUT2D eigenvalue weighted by Crippen LogP contribution is 2.28. The Morgan fingerprint density at radius 1 is 1.23 bits per heavy atom. The van der Waals surface area contributed by atoms with Crippen molar-refractivity contribution in [2.75, 3.05) is 26.9 Å². The molecule has 0 saturated carbocycles. The molecule has 1 fully saturated rings. The summed E-state index contributed by atoms with van der Waals surface area (Å²) in [6, 6.07) is 7.39. The molecule has 3 aromatic rings. The molecule has 8 nitrogen and oxygen atoms in total. The SMILES string of the molecule is COc1cccc2[nH]c([S+]([O-])Cc3nccc(OCC4COC(C)(C)OC4)c3C)nc12. The van der Waals surface area contributed by atoms with Crippen molar-refractivity contribution in [3.05, 3.63) is 41.7 Å². The van der Waals surface area contributed by atoms with Crippen LogP contribution >= 0.6 is 0 Å². The number of nitrogens with one attached hydrogen (secondary N) is 1. The highest BCUT2D eigenvalue weighted by Gasteiger charge is 2.29. The van der Waals surface area contributed by atoms with Crippen molar-refractivity contribution in [3.63, 3.8) is 0 Å². The number of methoxy groups -OCH3 is 1. The lowest BCUT2D eigenvalue weighted by Crippen LogP contribution is -2.41. The Kier molecular flexibility index (Phi) is 6.38. The van der Waals surface area contributed by atoms with Gasteiger partial charge in [0.05, 0.1) is 38.1 Å². The minimum Gasteiger partial charge on any atom is -0.609 e. The van der Waals surface area contributed by atoms with E-state index in [-0.39, 0.29) is 11.7 Å². The highest BCUT2D eigenvalue weighted by atomic mass is 32.2. The number of nitrogens with zero attached hydrogens (tertiary/aromatic N) is 2. The number of ether oxygens (including phenoxy) is 4. The van der Waals surface area contributed by atoms with E-state index >= 15 is 0 Å². The lowest BCUT2D eigenvalue weighted by atomic mass is 10.1. The zero-order valence-electron chi connectivity index (χ0n) is 18.1. The molecule has 0 bridgehead atoms. The normalized spacial score (nSPS) is 17.6. The number of benzene rings is 1. The van der Waals surface area contributed by atoms with Crippen LogP contribution < -0.4 is 9.47 Å². The first kappa shape index (κ1) is 21.9. The maximum Gasteiger partial charge on any atom is 0.322 e. The molecule has 3 heterocycles. The summed E-state index contributed by atoms with van der Waals surface area (Å²) in [6.07, 6.45) is 1.67. The zero-order chi connectivity index (χ0) is 22.0. The molecule has 1 unspecified atom stereocenters. The number of para-hydroxylation sites is 1. The van der Waals surface area contributed by atoms with Gasteiger partial charge in [-0.2, -0.15) is 4.98 Å². The predicted octanol–water partition coefficient (Wildman–Crippen LogP) is 3.36. The summed E-state index contributed by atoms with van der Waals surface area (Å²) in [5.41, 5.74) is 3.02. The quantitative estimate of drug-likeness (QED) is 0.557. The second-order valence-electron chi connectivity index (χ2n) is 7.97. The van der Waals surface area contributed by atoms with Crippen LogP contribution in [0.2, 0.25) is 0 Å². The smallest absolute Gasteiger partial charge is 0.322 e. The monoisotopic (exact) mass is 445 g/mol. The molecule has 1 atom stereocenters. The van der Waals surface area contributed by atoms with E-state index in [0.29, 0.717) is 41.9 Å². The Hall–Kier alpha value is -2.33. The number of pyridine rings is 1. The Morgan fingerprint density at radius 2 is 2.00 bits per heavy atom. The van der Waals surface area contributed by atoms with Crippen LogP contribution in [0.5, 0.6) is 11.5 Å². The van der Waals surface area contributed by atoms with Crippen molar-refractivity contribution < 1.29 is 23.5 Å². The summed E-state index contributed by atoms with van der Waals surface area (Å²) in [5, 5.41) is 0.395. The van der Waals surface area contributed by atoms with E-state index in [0.717, 1.165) is 16.8 Å². The summed E-state index contributed by atoms with van der Waals surface area (Å²) in [5.74, 6) is 1.21. The molecule has 1 aliphatic rings. The van der Waals surface area contributed by atoms with Crippen LogP contribution in [0.15, 0.2) is 35.6 Å². The van der Waals surface area contributed by atoms with E-state index in [4.69, 9.17) is 18.9 Å². The average molecular weight is 446 g/mol. The van der Waals surface area contributed by atoms with E-state index in [1.807, 2.05) is 45.0 Å². The van der Waals surface area contributed by atoms with Gasteiger partial charge in [0.1, 0.15) is 17.0 Å². The van der Waals surface area contributed by atoms with E-state index < -0.39 is 17.0 Å². The molecule has 0 amide bonds.